The molecule has 0 atom stereocenters. The van der Waals surface area contributed by atoms with Crippen molar-refractivity contribution in [1.29, 1.82) is 0 Å². The van der Waals surface area contributed by atoms with Gasteiger partial charge in [-0.1, -0.05) is 19.6 Å². The molecule has 1 heterocycles. The van der Waals surface area contributed by atoms with E-state index in [4.69, 9.17) is 9.47 Å². The van der Waals surface area contributed by atoms with E-state index in [1.807, 2.05) is 12.2 Å². The maximum Gasteiger partial charge on any atom is 0.160 e. The molecule has 0 aromatic rings. The van der Waals surface area contributed by atoms with Crippen LogP contribution in [0.1, 0.15) is 19.8 Å². The van der Waals surface area contributed by atoms with Gasteiger partial charge in [-0.15, -0.1) is 0 Å². The first-order valence-corrected chi connectivity index (χ1v) is 4.67. The van der Waals surface area contributed by atoms with Gasteiger partial charge in [-0.25, -0.2) is 0 Å². The minimum Gasteiger partial charge on any atom is -0.490 e. The van der Waals surface area contributed by atoms with Gasteiger partial charge in [0.05, 0.1) is 13.2 Å². The van der Waals surface area contributed by atoms with Gasteiger partial charge < -0.3 is 9.47 Å². The van der Waals surface area contributed by atoms with Gasteiger partial charge in [0.2, 0.25) is 0 Å². The Bertz CT molecular complexity index is 226. The maximum absolute atomic E-state index is 5.51. The summed E-state index contributed by atoms with van der Waals surface area (Å²) < 4.78 is 11.0. The van der Waals surface area contributed by atoms with E-state index in [1.165, 1.54) is 0 Å². The van der Waals surface area contributed by atoms with Crippen LogP contribution >= 0.6 is 0 Å². The molecule has 2 nitrogen and oxygen atoms in total. The van der Waals surface area contributed by atoms with E-state index < -0.39 is 0 Å². The quantitative estimate of drug-likeness (QED) is 0.665. The normalized spacial score (nSPS) is 17.9. The molecule has 0 amide bonds. The summed E-state index contributed by atoms with van der Waals surface area (Å²) in [5.41, 5.74) is 0. The molecule has 0 aromatic heterocycles. The minimum atomic E-state index is 0.713. The Morgan fingerprint density at radius 3 is 2.62 bits per heavy atom. The van der Waals surface area contributed by atoms with E-state index in [9.17, 15) is 0 Å². The fraction of sp³-hybridized carbons (Fsp3) is 0.455. The Morgan fingerprint density at radius 1 is 1.31 bits per heavy atom. The first kappa shape index (κ1) is 9.90. The van der Waals surface area contributed by atoms with Gasteiger partial charge >= 0.3 is 0 Å². The standard InChI is InChI=1S/C11H16O2/c1-3-5-7-11-10(4-2)12-8-6-9-13-11/h4-5,7H,2-3,6,8-9H2,1H3/b7-5-. The van der Waals surface area contributed by atoms with Crippen LogP contribution in [-0.2, 0) is 9.47 Å². The first-order valence-electron chi connectivity index (χ1n) is 4.67. The van der Waals surface area contributed by atoms with Gasteiger partial charge in [0.1, 0.15) is 0 Å². The lowest BCUT2D eigenvalue weighted by Gasteiger charge is -2.05. The van der Waals surface area contributed by atoms with Crippen LogP contribution in [0.5, 0.6) is 0 Å². The van der Waals surface area contributed by atoms with Crippen molar-refractivity contribution in [3.63, 3.8) is 0 Å². The fourth-order valence-corrected chi connectivity index (χ4v) is 1.08. The second kappa shape index (κ2) is 5.46. The van der Waals surface area contributed by atoms with Crippen molar-refractivity contribution in [2.24, 2.45) is 0 Å². The predicted octanol–water partition coefficient (Wildman–Crippen LogP) is 2.79. The number of hydrogen-bond donors (Lipinski definition) is 0. The summed E-state index contributed by atoms with van der Waals surface area (Å²) in [6.07, 6.45) is 7.62. The monoisotopic (exact) mass is 180 g/mol. The minimum absolute atomic E-state index is 0.713. The van der Waals surface area contributed by atoms with Crippen LogP contribution < -0.4 is 0 Å². The molecular formula is C11H16O2. The zero-order chi connectivity index (χ0) is 9.52. The highest BCUT2D eigenvalue weighted by Gasteiger charge is 2.07. The second-order valence-corrected chi connectivity index (χ2v) is 2.79. The van der Waals surface area contributed by atoms with Crippen LogP contribution in [0.25, 0.3) is 0 Å². The molecule has 13 heavy (non-hydrogen) atoms. The van der Waals surface area contributed by atoms with Gasteiger partial charge in [-0.2, -0.15) is 0 Å². The molecule has 2 heteroatoms. The van der Waals surface area contributed by atoms with Gasteiger partial charge in [0, 0.05) is 6.42 Å². The van der Waals surface area contributed by atoms with Crippen LogP contribution in [0, 0.1) is 0 Å². The van der Waals surface area contributed by atoms with Crippen molar-refractivity contribution in [1.82, 2.24) is 0 Å². The van der Waals surface area contributed by atoms with E-state index in [1.54, 1.807) is 6.08 Å². The van der Waals surface area contributed by atoms with E-state index in [0.717, 1.165) is 31.0 Å². The average Bonchev–Trinajstić information content (AvgIpc) is 2.39. The van der Waals surface area contributed by atoms with Crippen molar-refractivity contribution in [3.8, 4) is 0 Å². The molecule has 1 rings (SSSR count). The Morgan fingerprint density at radius 2 is 2.00 bits per heavy atom. The van der Waals surface area contributed by atoms with Crippen LogP contribution in [0.3, 0.4) is 0 Å². The van der Waals surface area contributed by atoms with Gasteiger partial charge in [-0.05, 0) is 18.6 Å². The van der Waals surface area contributed by atoms with Crippen molar-refractivity contribution in [3.05, 3.63) is 36.3 Å². The lowest BCUT2D eigenvalue weighted by Crippen LogP contribution is -1.91. The largest absolute Gasteiger partial charge is 0.490 e. The summed E-state index contributed by atoms with van der Waals surface area (Å²) in [4.78, 5) is 0. The summed E-state index contributed by atoms with van der Waals surface area (Å²) >= 11 is 0. The lowest BCUT2D eigenvalue weighted by molar-refractivity contribution is 0.214. The van der Waals surface area contributed by atoms with Crippen LogP contribution in [0.2, 0.25) is 0 Å². The molecule has 0 radical (unpaired) electrons. The van der Waals surface area contributed by atoms with Crippen LogP contribution in [0.15, 0.2) is 36.3 Å². The third-order valence-corrected chi connectivity index (χ3v) is 1.74. The molecule has 0 bridgehead atoms. The van der Waals surface area contributed by atoms with Crippen molar-refractivity contribution < 1.29 is 9.47 Å². The average molecular weight is 180 g/mol. The van der Waals surface area contributed by atoms with Crippen LogP contribution in [0.4, 0.5) is 0 Å². The molecule has 0 saturated carbocycles. The van der Waals surface area contributed by atoms with Gasteiger partial charge in [0.15, 0.2) is 11.5 Å². The number of allylic oxidation sites excluding steroid dienone is 3. The van der Waals surface area contributed by atoms with E-state index in [0.29, 0.717) is 6.61 Å². The first-order chi connectivity index (χ1) is 6.38. The second-order valence-electron chi connectivity index (χ2n) is 2.79. The third-order valence-electron chi connectivity index (χ3n) is 1.74. The Balaban J connectivity index is 2.75. The van der Waals surface area contributed by atoms with Gasteiger partial charge in [-0.3, -0.25) is 0 Å². The zero-order valence-electron chi connectivity index (χ0n) is 8.08. The predicted molar refractivity (Wildman–Crippen MR) is 53.2 cm³/mol. The zero-order valence-corrected chi connectivity index (χ0v) is 8.08. The summed E-state index contributed by atoms with van der Waals surface area (Å²) in [5, 5.41) is 0. The molecule has 0 aliphatic carbocycles. The Hall–Kier alpha value is -1.18. The van der Waals surface area contributed by atoms with Crippen molar-refractivity contribution in [2.75, 3.05) is 13.2 Å². The molecule has 0 aromatic carbocycles. The lowest BCUT2D eigenvalue weighted by atomic mass is 10.3. The van der Waals surface area contributed by atoms with Crippen LogP contribution in [-0.4, -0.2) is 13.2 Å². The third kappa shape index (κ3) is 2.98. The molecule has 0 N–H and O–H groups in total. The fourth-order valence-electron chi connectivity index (χ4n) is 1.08. The molecule has 0 unspecified atom stereocenters. The smallest absolute Gasteiger partial charge is 0.160 e. The van der Waals surface area contributed by atoms with E-state index >= 15 is 0 Å². The summed E-state index contributed by atoms with van der Waals surface area (Å²) in [6.45, 7) is 7.21. The molecular weight excluding hydrogens is 164 g/mol. The number of ether oxygens (including phenoxy) is 2. The Kier molecular flexibility index (Phi) is 4.16. The molecule has 1 aliphatic rings. The van der Waals surface area contributed by atoms with Crippen molar-refractivity contribution in [2.45, 2.75) is 19.8 Å². The number of rotatable bonds is 3. The molecule has 72 valence electrons. The summed E-state index contributed by atoms with van der Waals surface area (Å²) in [5.74, 6) is 1.55. The van der Waals surface area contributed by atoms with Crippen molar-refractivity contribution >= 4 is 0 Å². The Labute approximate surface area is 79.5 Å². The summed E-state index contributed by atoms with van der Waals surface area (Å²) in [7, 11) is 0. The molecule has 0 saturated heterocycles. The van der Waals surface area contributed by atoms with E-state index in [-0.39, 0.29) is 0 Å². The summed E-state index contributed by atoms with van der Waals surface area (Å²) in [6, 6.07) is 0. The highest BCUT2D eigenvalue weighted by molar-refractivity contribution is 5.23. The molecule has 1 aliphatic heterocycles. The van der Waals surface area contributed by atoms with E-state index in [2.05, 4.69) is 13.5 Å². The highest BCUT2D eigenvalue weighted by atomic mass is 16.5. The molecule has 0 spiro atoms. The highest BCUT2D eigenvalue weighted by Crippen LogP contribution is 2.15. The maximum atomic E-state index is 5.51. The molecule has 0 fully saturated rings. The SMILES string of the molecule is C=CC1=C(/C=C\CC)OCCCO1. The number of hydrogen-bond acceptors (Lipinski definition) is 2. The van der Waals surface area contributed by atoms with Gasteiger partial charge in [0.25, 0.3) is 0 Å². The topological polar surface area (TPSA) is 18.5 Å².